The van der Waals surface area contributed by atoms with Gasteiger partial charge in [0.05, 0.1) is 26.2 Å². The topological polar surface area (TPSA) is 67.9 Å². The lowest BCUT2D eigenvalue weighted by Gasteiger charge is -2.13. The van der Waals surface area contributed by atoms with Crippen LogP contribution in [-0.2, 0) is 11.2 Å². The van der Waals surface area contributed by atoms with Crippen molar-refractivity contribution >= 4 is 23.2 Å². The van der Waals surface area contributed by atoms with Gasteiger partial charge in [-0.05, 0) is 35.9 Å². The highest BCUT2D eigenvalue weighted by atomic mass is 16.5. The van der Waals surface area contributed by atoms with E-state index in [2.05, 4.69) is 5.32 Å². The third kappa shape index (κ3) is 2.78. The molecule has 2 aromatic carbocycles. The van der Waals surface area contributed by atoms with E-state index in [-0.39, 0.29) is 11.8 Å². The fraction of sp³-hybridized carbons (Fsp3) is 0.222. The number of hydrogen-bond acceptors (Lipinski definition) is 4. The number of carbonyl (C=O) groups excluding carboxylic acids is 2. The van der Waals surface area contributed by atoms with Crippen molar-refractivity contribution in [2.45, 2.75) is 6.42 Å². The number of hydrogen-bond donors (Lipinski definition) is 1. The largest absolute Gasteiger partial charge is 0.497 e. The third-order valence-corrected chi connectivity index (χ3v) is 4.07. The Morgan fingerprint density at radius 3 is 2.62 bits per heavy atom. The quantitative estimate of drug-likeness (QED) is 0.937. The highest BCUT2D eigenvalue weighted by Gasteiger charge is 2.24. The van der Waals surface area contributed by atoms with Crippen LogP contribution in [0.3, 0.4) is 0 Å². The SMILES string of the molecule is COc1ccc(C(=O)Nc2ccc3c(c2)CC(=O)N3C)c(OC)c1. The van der Waals surface area contributed by atoms with Crippen LogP contribution >= 0.6 is 0 Å². The number of nitrogens with zero attached hydrogens (tertiary/aromatic N) is 1. The molecule has 0 radical (unpaired) electrons. The van der Waals surface area contributed by atoms with E-state index in [1.54, 1.807) is 43.3 Å². The average Bonchev–Trinajstić information content (AvgIpc) is 2.88. The van der Waals surface area contributed by atoms with E-state index in [4.69, 9.17) is 9.47 Å². The molecule has 6 nitrogen and oxygen atoms in total. The Morgan fingerprint density at radius 1 is 1.12 bits per heavy atom. The van der Waals surface area contributed by atoms with Crippen LogP contribution in [0.15, 0.2) is 36.4 Å². The molecule has 0 aromatic heterocycles. The van der Waals surface area contributed by atoms with Crippen molar-refractivity contribution in [3.63, 3.8) is 0 Å². The molecule has 0 aliphatic carbocycles. The number of benzene rings is 2. The first-order chi connectivity index (χ1) is 11.5. The van der Waals surface area contributed by atoms with Crippen LogP contribution in [-0.4, -0.2) is 33.1 Å². The Morgan fingerprint density at radius 2 is 1.92 bits per heavy atom. The van der Waals surface area contributed by atoms with Gasteiger partial charge in [-0.2, -0.15) is 0 Å². The molecular weight excluding hydrogens is 308 g/mol. The maximum atomic E-state index is 12.5. The number of carbonyl (C=O) groups is 2. The summed E-state index contributed by atoms with van der Waals surface area (Å²) in [6.07, 6.45) is 0.349. The Hall–Kier alpha value is -3.02. The summed E-state index contributed by atoms with van der Waals surface area (Å²) in [6.45, 7) is 0. The summed E-state index contributed by atoms with van der Waals surface area (Å²) >= 11 is 0. The van der Waals surface area contributed by atoms with Crippen molar-refractivity contribution in [1.29, 1.82) is 0 Å². The number of anilines is 2. The minimum absolute atomic E-state index is 0.0466. The normalized spacial score (nSPS) is 12.8. The van der Waals surface area contributed by atoms with Crippen molar-refractivity contribution < 1.29 is 19.1 Å². The van der Waals surface area contributed by atoms with Gasteiger partial charge in [0.2, 0.25) is 5.91 Å². The first-order valence-electron chi connectivity index (χ1n) is 7.46. The summed E-state index contributed by atoms with van der Waals surface area (Å²) in [6, 6.07) is 10.4. The van der Waals surface area contributed by atoms with Crippen LogP contribution in [0.2, 0.25) is 0 Å². The molecule has 0 fully saturated rings. The summed E-state index contributed by atoms with van der Waals surface area (Å²) in [5, 5.41) is 2.84. The first-order valence-corrected chi connectivity index (χ1v) is 7.46. The number of methoxy groups -OCH3 is 2. The molecule has 1 N–H and O–H groups in total. The Bertz CT molecular complexity index is 817. The second kappa shape index (κ2) is 6.23. The van der Waals surface area contributed by atoms with Crippen molar-refractivity contribution in [3.05, 3.63) is 47.5 Å². The molecule has 0 spiro atoms. The molecule has 2 amide bonds. The molecule has 0 saturated heterocycles. The zero-order chi connectivity index (χ0) is 17.3. The smallest absolute Gasteiger partial charge is 0.259 e. The number of fused-ring (bicyclic) bond motifs is 1. The second-order valence-electron chi connectivity index (χ2n) is 5.49. The monoisotopic (exact) mass is 326 g/mol. The molecule has 1 aliphatic heterocycles. The van der Waals surface area contributed by atoms with Crippen molar-refractivity contribution in [3.8, 4) is 11.5 Å². The summed E-state index contributed by atoms with van der Waals surface area (Å²) in [5.74, 6) is 0.808. The van der Waals surface area contributed by atoms with E-state index in [1.807, 2.05) is 12.1 Å². The molecule has 1 aliphatic rings. The van der Waals surface area contributed by atoms with Gasteiger partial charge in [0.1, 0.15) is 11.5 Å². The predicted molar refractivity (Wildman–Crippen MR) is 91.1 cm³/mol. The van der Waals surface area contributed by atoms with Gasteiger partial charge in [0, 0.05) is 24.5 Å². The van der Waals surface area contributed by atoms with Crippen LogP contribution in [0.1, 0.15) is 15.9 Å². The molecule has 0 bridgehead atoms. The molecule has 6 heteroatoms. The zero-order valence-electron chi connectivity index (χ0n) is 13.8. The van der Waals surface area contributed by atoms with Gasteiger partial charge in [0.15, 0.2) is 0 Å². The summed E-state index contributed by atoms with van der Waals surface area (Å²) in [4.78, 5) is 25.9. The average molecular weight is 326 g/mol. The fourth-order valence-corrected chi connectivity index (χ4v) is 2.73. The van der Waals surface area contributed by atoms with Gasteiger partial charge in [0.25, 0.3) is 5.91 Å². The van der Waals surface area contributed by atoms with Gasteiger partial charge < -0.3 is 19.7 Å². The molecule has 124 valence electrons. The zero-order valence-corrected chi connectivity index (χ0v) is 13.8. The van der Waals surface area contributed by atoms with E-state index in [1.165, 1.54) is 7.11 Å². The number of rotatable bonds is 4. The van der Waals surface area contributed by atoms with Crippen LogP contribution in [0.4, 0.5) is 11.4 Å². The number of likely N-dealkylation sites (N-methyl/N-ethyl adjacent to an activating group) is 1. The molecular formula is C18H18N2O4. The van der Waals surface area contributed by atoms with E-state index >= 15 is 0 Å². The van der Waals surface area contributed by atoms with Gasteiger partial charge in [-0.3, -0.25) is 9.59 Å². The third-order valence-electron chi connectivity index (χ3n) is 4.07. The van der Waals surface area contributed by atoms with Crippen molar-refractivity contribution in [2.24, 2.45) is 0 Å². The second-order valence-corrected chi connectivity index (χ2v) is 5.49. The molecule has 1 heterocycles. The molecule has 0 unspecified atom stereocenters. The Kier molecular flexibility index (Phi) is 4.12. The molecule has 0 atom stereocenters. The predicted octanol–water partition coefficient (Wildman–Crippen LogP) is 2.47. The van der Waals surface area contributed by atoms with Gasteiger partial charge in [-0.25, -0.2) is 0 Å². The van der Waals surface area contributed by atoms with Crippen molar-refractivity contribution in [1.82, 2.24) is 0 Å². The van der Waals surface area contributed by atoms with E-state index < -0.39 is 0 Å². The lowest BCUT2D eigenvalue weighted by Crippen LogP contribution is -2.20. The lowest BCUT2D eigenvalue weighted by molar-refractivity contribution is -0.117. The standard InChI is InChI=1S/C18H18N2O4/c1-20-15-7-4-12(8-11(15)9-17(20)21)19-18(22)14-6-5-13(23-2)10-16(14)24-3/h4-8,10H,9H2,1-3H3,(H,19,22). The number of ether oxygens (including phenoxy) is 2. The summed E-state index contributed by atoms with van der Waals surface area (Å²) in [5.41, 5.74) is 2.83. The first kappa shape index (κ1) is 15.9. The summed E-state index contributed by atoms with van der Waals surface area (Å²) in [7, 11) is 4.80. The molecule has 0 saturated carbocycles. The highest BCUT2D eigenvalue weighted by molar-refractivity contribution is 6.07. The summed E-state index contributed by atoms with van der Waals surface area (Å²) < 4.78 is 10.4. The number of nitrogens with one attached hydrogen (secondary N) is 1. The van der Waals surface area contributed by atoms with E-state index in [0.29, 0.717) is 29.2 Å². The minimum Gasteiger partial charge on any atom is -0.497 e. The number of amides is 2. The van der Waals surface area contributed by atoms with Gasteiger partial charge >= 0.3 is 0 Å². The fourth-order valence-electron chi connectivity index (χ4n) is 2.73. The van der Waals surface area contributed by atoms with Crippen LogP contribution < -0.4 is 19.7 Å². The van der Waals surface area contributed by atoms with E-state index in [9.17, 15) is 9.59 Å². The highest BCUT2D eigenvalue weighted by Crippen LogP contribution is 2.31. The lowest BCUT2D eigenvalue weighted by atomic mass is 10.1. The Balaban J connectivity index is 1.83. The maximum absolute atomic E-state index is 12.5. The Labute approximate surface area is 140 Å². The van der Waals surface area contributed by atoms with Crippen LogP contribution in [0.5, 0.6) is 11.5 Å². The van der Waals surface area contributed by atoms with Gasteiger partial charge in [-0.15, -0.1) is 0 Å². The van der Waals surface area contributed by atoms with Crippen molar-refractivity contribution in [2.75, 3.05) is 31.5 Å². The molecule has 24 heavy (non-hydrogen) atoms. The van der Waals surface area contributed by atoms with Crippen LogP contribution in [0, 0.1) is 0 Å². The molecule has 3 rings (SSSR count). The molecule has 2 aromatic rings. The van der Waals surface area contributed by atoms with Crippen LogP contribution in [0.25, 0.3) is 0 Å². The maximum Gasteiger partial charge on any atom is 0.259 e. The minimum atomic E-state index is -0.285. The van der Waals surface area contributed by atoms with Gasteiger partial charge in [-0.1, -0.05) is 0 Å². The van der Waals surface area contributed by atoms with E-state index in [0.717, 1.165) is 11.3 Å².